The van der Waals surface area contributed by atoms with E-state index in [-0.39, 0.29) is 11.2 Å². The fourth-order valence-electron chi connectivity index (χ4n) is 2.15. The molecular formula is C12H18N4O2. The average Bonchev–Trinajstić information content (AvgIpc) is 2.27. The van der Waals surface area contributed by atoms with Gasteiger partial charge in [-0.05, 0) is 33.4 Å². The molecule has 0 amide bonds. The van der Waals surface area contributed by atoms with Gasteiger partial charge >= 0.3 is 5.97 Å². The molecule has 1 aliphatic carbocycles. The molecule has 0 saturated heterocycles. The summed E-state index contributed by atoms with van der Waals surface area (Å²) >= 11 is 0. The minimum atomic E-state index is -1.06. The Morgan fingerprint density at radius 2 is 2.17 bits per heavy atom. The van der Waals surface area contributed by atoms with E-state index in [0.717, 1.165) is 6.54 Å². The summed E-state index contributed by atoms with van der Waals surface area (Å²) in [6.07, 6.45) is 6.34. The van der Waals surface area contributed by atoms with Crippen LogP contribution in [-0.4, -0.2) is 52.1 Å². The fraction of sp³-hybridized carbons (Fsp3) is 0.583. The molecule has 0 unspecified atom stereocenters. The molecular weight excluding hydrogens is 232 g/mol. The number of likely N-dealkylation sites (N-methyl/N-ethyl adjacent to an activating group) is 1. The van der Waals surface area contributed by atoms with Gasteiger partial charge in [0.2, 0.25) is 0 Å². The Bertz CT molecular complexity index is 426. The largest absolute Gasteiger partial charge is 0.476 e. The van der Waals surface area contributed by atoms with Crippen molar-refractivity contribution >= 4 is 11.8 Å². The maximum Gasteiger partial charge on any atom is 0.356 e. The quantitative estimate of drug-likeness (QED) is 0.814. The van der Waals surface area contributed by atoms with Crippen LogP contribution in [-0.2, 0) is 0 Å². The third-order valence-electron chi connectivity index (χ3n) is 3.70. The molecule has 6 nitrogen and oxygen atoms in total. The van der Waals surface area contributed by atoms with E-state index in [2.05, 4.69) is 34.3 Å². The van der Waals surface area contributed by atoms with Crippen LogP contribution in [0, 0.1) is 0 Å². The number of carboxylic acid groups (broad SMARTS) is 1. The molecule has 1 aliphatic rings. The van der Waals surface area contributed by atoms with Gasteiger partial charge in [0, 0.05) is 12.1 Å². The van der Waals surface area contributed by atoms with Crippen molar-refractivity contribution in [2.45, 2.75) is 24.8 Å². The average molecular weight is 250 g/mol. The summed E-state index contributed by atoms with van der Waals surface area (Å²) in [6.45, 7) is 0.807. The van der Waals surface area contributed by atoms with Crippen molar-refractivity contribution in [2.75, 3.05) is 26.0 Å². The lowest BCUT2D eigenvalue weighted by Gasteiger charge is -2.47. The van der Waals surface area contributed by atoms with Crippen LogP contribution in [0.2, 0.25) is 0 Å². The van der Waals surface area contributed by atoms with Gasteiger partial charge in [-0.3, -0.25) is 0 Å². The Hall–Kier alpha value is -1.69. The van der Waals surface area contributed by atoms with Crippen molar-refractivity contribution in [2.24, 2.45) is 0 Å². The highest BCUT2D eigenvalue weighted by Crippen LogP contribution is 2.35. The maximum atomic E-state index is 10.6. The van der Waals surface area contributed by atoms with E-state index in [1.165, 1.54) is 31.7 Å². The highest BCUT2D eigenvalue weighted by molar-refractivity contribution is 5.84. The highest BCUT2D eigenvalue weighted by Gasteiger charge is 2.38. The number of nitrogens with zero attached hydrogens (tertiary/aromatic N) is 3. The number of aromatic carboxylic acids is 1. The zero-order chi connectivity index (χ0) is 13.2. The Kier molecular flexibility index (Phi) is 3.47. The molecule has 0 aromatic carbocycles. The number of carbonyl (C=O) groups is 1. The number of nitrogens with one attached hydrogen (secondary N) is 1. The van der Waals surface area contributed by atoms with Crippen LogP contribution in [0.25, 0.3) is 0 Å². The first-order chi connectivity index (χ1) is 8.53. The first-order valence-electron chi connectivity index (χ1n) is 6.00. The van der Waals surface area contributed by atoms with Crippen molar-refractivity contribution in [3.63, 3.8) is 0 Å². The van der Waals surface area contributed by atoms with E-state index in [1.54, 1.807) is 0 Å². The zero-order valence-corrected chi connectivity index (χ0v) is 10.7. The van der Waals surface area contributed by atoms with E-state index in [1.807, 2.05) is 0 Å². The predicted molar refractivity (Wildman–Crippen MR) is 67.8 cm³/mol. The van der Waals surface area contributed by atoms with Crippen molar-refractivity contribution < 1.29 is 9.90 Å². The van der Waals surface area contributed by atoms with Gasteiger partial charge in [-0.2, -0.15) is 0 Å². The van der Waals surface area contributed by atoms with Crippen molar-refractivity contribution in [3.05, 3.63) is 18.1 Å². The number of hydrogen-bond donors (Lipinski definition) is 2. The third kappa shape index (κ3) is 2.43. The van der Waals surface area contributed by atoms with Crippen LogP contribution in [0.1, 0.15) is 29.8 Å². The number of carboxylic acids is 1. The van der Waals surface area contributed by atoms with Crippen LogP contribution in [0.5, 0.6) is 0 Å². The van der Waals surface area contributed by atoms with Gasteiger partial charge in [-0.25, -0.2) is 14.8 Å². The number of aromatic nitrogens is 2. The molecule has 1 heterocycles. The van der Waals surface area contributed by atoms with Crippen LogP contribution in [0.15, 0.2) is 12.4 Å². The minimum Gasteiger partial charge on any atom is -0.476 e. The molecule has 1 aromatic rings. The second-order valence-electron chi connectivity index (χ2n) is 4.92. The molecule has 1 aromatic heterocycles. The molecule has 0 spiro atoms. The van der Waals surface area contributed by atoms with E-state index in [9.17, 15) is 4.79 Å². The smallest absolute Gasteiger partial charge is 0.356 e. The number of anilines is 1. The van der Waals surface area contributed by atoms with Gasteiger partial charge in [0.05, 0.1) is 12.4 Å². The van der Waals surface area contributed by atoms with Gasteiger partial charge in [0.1, 0.15) is 5.82 Å². The predicted octanol–water partition coefficient (Wildman–Crippen LogP) is 1.07. The second-order valence-corrected chi connectivity index (χ2v) is 4.92. The van der Waals surface area contributed by atoms with Crippen LogP contribution in [0.4, 0.5) is 5.82 Å². The van der Waals surface area contributed by atoms with Crippen LogP contribution >= 0.6 is 0 Å². The monoisotopic (exact) mass is 250 g/mol. The fourth-order valence-corrected chi connectivity index (χ4v) is 2.15. The van der Waals surface area contributed by atoms with Crippen LogP contribution < -0.4 is 5.32 Å². The van der Waals surface area contributed by atoms with Gasteiger partial charge in [0.15, 0.2) is 5.69 Å². The van der Waals surface area contributed by atoms with E-state index >= 15 is 0 Å². The lowest BCUT2D eigenvalue weighted by atomic mass is 9.75. The molecule has 0 radical (unpaired) electrons. The molecule has 0 bridgehead atoms. The summed E-state index contributed by atoms with van der Waals surface area (Å²) < 4.78 is 0. The Balaban J connectivity index is 1.96. The summed E-state index contributed by atoms with van der Waals surface area (Å²) in [5.74, 6) is -0.439. The van der Waals surface area contributed by atoms with Gasteiger partial charge in [0.25, 0.3) is 0 Å². The lowest BCUT2D eigenvalue weighted by Crippen LogP contribution is -2.54. The lowest BCUT2D eigenvalue weighted by molar-refractivity contribution is 0.0689. The third-order valence-corrected chi connectivity index (χ3v) is 3.70. The second kappa shape index (κ2) is 4.89. The molecule has 1 saturated carbocycles. The summed E-state index contributed by atoms with van der Waals surface area (Å²) in [6, 6.07) is 0. The van der Waals surface area contributed by atoms with Gasteiger partial charge in [-0.1, -0.05) is 0 Å². The van der Waals surface area contributed by atoms with Gasteiger partial charge < -0.3 is 15.3 Å². The first-order valence-corrected chi connectivity index (χ1v) is 6.00. The summed E-state index contributed by atoms with van der Waals surface area (Å²) in [5.41, 5.74) is 0.166. The molecule has 0 atom stereocenters. The van der Waals surface area contributed by atoms with Crippen molar-refractivity contribution in [1.82, 2.24) is 14.9 Å². The topological polar surface area (TPSA) is 78.4 Å². The van der Waals surface area contributed by atoms with Crippen molar-refractivity contribution in [3.8, 4) is 0 Å². The van der Waals surface area contributed by atoms with Gasteiger partial charge in [-0.15, -0.1) is 0 Å². The molecule has 6 heteroatoms. The molecule has 1 fully saturated rings. The maximum absolute atomic E-state index is 10.6. The van der Waals surface area contributed by atoms with E-state index in [0.29, 0.717) is 5.82 Å². The summed E-state index contributed by atoms with van der Waals surface area (Å²) in [7, 11) is 4.17. The number of hydrogen-bond acceptors (Lipinski definition) is 5. The minimum absolute atomic E-state index is 0.0356. The molecule has 98 valence electrons. The highest BCUT2D eigenvalue weighted by atomic mass is 16.4. The van der Waals surface area contributed by atoms with Crippen molar-refractivity contribution in [1.29, 1.82) is 0 Å². The Labute approximate surface area is 106 Å². The van der Waals surface area contributed by atoms with Crippen LogP contribution in [0.3, 0.4) is 0 Å². The molecule has 2 N–H and O–H groups in total. The zero-order valence-electron chi connectivity index (χ0n) is 10.7. The van der Waals surface area contributed by atoms with E-state index < -0.39 is 5.97 Å². The Morgan fingerprint density at radius 1 is 1.44 bits per heavy atom. The van der Waals surface area contributed by atoms with E-state index in [4.69, 9.17) is 5.11 Å². The molecule has 18 heavy (non-hydrogen) atoms. The standard InChI is InChI=1S/C12H18N4O2/c1-16(2)12(4-3-5-12)8-15-10-7-13-9(6-14-10)11(17)18/h6-7H,3-5,8H2,1-2H3,(H,14,15)(H,17,18). The molecule has 0 aliphatic heterocycles. The normalized spacial score (nSPS) is 17.3. The summed E-state index contributed by atoms with van der Waals surface area (Å²) in [5, 5.41) is 12.0. The number of rotatable bonds is 5. The summed E-state index contributed by atoms with van der Waals surface area (Å²) in [4.78, 5) is 20.8. The Morgan fingerprint density at radius 3 is 2.56 bits per heavy atom. The SMILES string of the molecule is CN(C)C1(CNc2cnc(C(=O)O)cn2)CCC1. The first kappa shape index (κ1) is 12.8. The molecule has 2 rings (SSSR count).